The van der Waals surface area contributed by atoms with Crippen LogP contribution in [0.25, 0.3) is 22.5 Å². The Bertz CT molecular complexity index is 1420. The number of hydrogen-bond donors (Lipinski definition) is 1. The zero-order chi connectivity index (χ0) is 25.8. The molecule has 0 unspecified atom stereocenters. The number of carbonyl (C=O) groups excluding carboxylic acids is 2. The average Bonchev–Trinajstić information content (AvgIpc) is 3.47. The molecule has 0 fully saturated rings. The minimum atomic E-state index is -0.537. The smallest absolute Gasteiger partial charge is 0.341 e. The zero-order valence-corrected chi connectivity index (χ0v) is 22.5. The van der Waals surface area contributed by atoms with Crippen molar-refractivity contribution in [1.82, 2.24) is 14.8 Å². The normalized spacial score (nSPS) is 10.8. The number of benzene rings is 2. The van der Waals surface area contributed by atoms with Gasteiger partial charge in [-0.2, -0.15) is 0 Å². The molecular formula is C24H20Cl2N4O4S2. The Morgan fingerprint density at radius 3 is 2.44 bits per heavy atom. The third kappa shape index (κ3) is 5.52. The van der Waals surface area contributed by atoms with Gasteiger partial charge in [0.2, 0.25) is 5.91 Å². The van der Waals surface area contributed by atoms with E-state index in [2.05, 4.69) is 15.5 Å². The van der Waals surface area contributed by atoms with Gasteiger partial charge in [-0.05, 0) is 35.9 Å². The molecule has 0 aliphatic carbocycles. The van der Waals surface area contributed by atoms with Gasteiger partial charge in [0.1, 0.15) is 16.3 Å². The minimum Gasteiger partial charge on any atom is -0.497 e. The highest BCUT2D eigenvalue weighted by molar-refractivity contribution is 7.99. The number of amides is 1. The van der Waals surface area contributed by atoms with E-state index >= 15 is 0 Å². The number of halogens is 2. The van der Waals surface area contributed by atoms with Crippen LogP contribution in [-0.4, -0.2) is 46.6 Å². The summed E-state index contributed by atoms with van der Waals surface area (Å²) in [7, 11) is 4.69. The van der Waals surface area contributed by atoms with Gasteiger partial charge >= 0.3 is 5.97 Å². The first-order valence-corrected chi connectivity index (χ1v) is 13.1. The quantitative estimate of drug-likeness (QED) is 0.206. The molecule has 1 amide bonds. The van der Waals surface area contributed by atoms with Gasteiger partial charge in [0, 0.05) is 23.6 Å². The fraction of sp³-hybridized carbons (Fsp3) is 0.167. The average molecular weight is 563 g/mol. The van der Waals surface area contributed by atoms with Gasteiger partial charge in [0.15, 0.2) is 11.0 Å². The second-order valence-corrected chi connectivity index (χ2v) is 10.0. The molecule has 0 saturated heterocycles. The lowest BCUT2D eigenvalue weighted by molar-refractivity contribution is -0.113. The summed E-state index contributed by atoms with van der Waals surface area (Å²) in [4.78, 5) is 25.3. The SMILES string of the molecule is COC(=O)c1c(-c2ccc(OC)cc2)csc1NC(=O)CSc1nnc(-c2ccc(Cl)c(Cl)c2)n1C. The van der Waals surface area contributed by atoms with Crippen molar-refractivity contribution >= 4 is 63.2 Å². The molecule has 0 aliphatic heterocycles. The molecule has 186 valence electrons. The lowest BCUT2D eigenvalue weighted by atomic mass is 10.0. The monoisotopic (exact) mass is 562 g/mol. The number of carbonyl (C=O) groups is 2. The molecule has 12 heteroatoms. The third-order valence-electron chi connectivity index (χ3n) is 5.18. The lowest BCUT2D eigenvalue weighted by Gasteiger charge is -2.08. The fourth-order valence-electron chi connectivity index (χ4n) is 3.36. The summed E-state index contributed by atoms with van der Waals surface area (Å²) in [6.07, 6.45) is 0. The van der Waals surface area contributed by atoms with Crippen LogP contribution >= 0.6 is 46.3 Å². The molecule has 0 radical (unpaired) electrons. The van der Waals surface area contributed by atoms with Crippen molar-refractivity contribution < 1.29 is 19.1 Å². The van der Waals surface area contributed by atoms with Crippen molar-refractivity contribution in [3.05, 3.63) is 63.5 Å². The molecule has 36 heavy (non-hydrogen) atoms. The van der Waals surface area contributed by atoms with E-state index in [9.17, 15) is 9.59 Å². The van der Waals surface area contributed by atoms with Gasteiger partial charge in [-0.3, -0.25) is 4.79 Å². The van der Waals surface area contributed by atoms with Crippen LogP contribution in [0.3, 0.4) is 0 Å². The first-order chi connectivity index (χ1) is 17.3. The highest BCUT2D eigenvalue weighted by Gasteiger charge is 2.23. The van der Waals surface area contributed by atoms with Crippen LogP contribution in [0.2, 0.25) is 10.0 Å². The lowest BCUT2D eigenvalue weighted by Crippen LogP contribution is -2.16. The summed E-state index contributed by atoms with van der Waals surface area (Å²) in [5, 5.41) is 14.8. The highest BCUT2D eigenvalue weighted by Crippen LogP contribution is 2.37. The van der Waals surface area contributed by atoms with Crippen molar-refractivity contribution in [2.75, 3.05) is 25.3 Å². The maximum absolute atomic E-state index is 12.8. The van der Waals surface area contributed by atoms with E-state index in [4.69, 9.17) is 32.7 Å². The Morgan fingerprint density at radius 1 is 1.06 bits per heavy atom. The number of hydrogen-bond acceptors (Lipinski definition) is 8. The van der Waals surface area contributed by atoms with Gasteiger partial charge in [-0.15, -0.1) is 21.5 Å². The summed E-state index contributed by atoms with van der Waals surface area (Å²) in [6, 6.07) is 12.5. The highest BCUT2D eigenvalue weighted by atomic mass is 35.5. The van der Waals surface area contributed by atoms with E-state index in [1.807, 2.05) is 17.5 Å². The van der Waals surface area contributed by atoms with E-state index in [1.54, 1.807) is 49.1 Å². The molecule has 2 aromatic carbocycles. The van der Waals surface area contributed by atoms with Crippen molar-refractivity contribution in [3.8, 4) is 28.3 Å². The molecule has 0 spiro atoms. The number of thiophene rings is 1. The number of methoxy groups -OCH3 is 2. The molecular weight excluding hydrogens is 543 g/mol. The summed E-state index contributed by atoms with van der Waals surface area (Å²) in [5.41, 5.74) is 2.52. The van der Waals surface area contributed by atoms with E-state index < -0.39 is 5.97 Å². The predicted octanol–water partition coefficient (Wildman–Crippen LogP) is 6.04. The van der Waals surface area contributed by atoms with Gasteiger partial charge < -0.3 is 19.4 Å². The van der Waals surface area contributed by atoms with Gasteiger partial charge in [-0.25, -0.2) is 4.79 Å². The molecule has 4 aromatic rings. The predicted molar refractivity (Wildman–Crippen MR) is 143 cm³/mol. The van der Waals surface area contributed by atoms with Crippen molar-refractivity contribution in [2.45, 2.75) is 5.16 Å². The molecule has 0 bridgehead atoms. The molecule has 0 saturated carbocycles. The molecule has 4 rings (SSSR count). The molecule has 0 atom stereocenters. The Balaban J connectivity index is 1.48. The van der Waals surface area contributed by atoms with Crippen LogP contribution in [-0.2, 0) is 16.6 Å². The van der Waals surface area contributed by atoms with Gasteiger partial charge in [-0.1, -0.05) is 47.1 Å². The Hall–Kier alpha value is -3.05. The number of anilines is 1. The van der Waals surface area contributed by atoms with Crippen LogP contribution in [0.1, 0.15) is 10.4 Å². The Labute approximate surface area is 225 Å². The van der Waals surface area contributed by atoms with Crippen molar-refractivity contribution in [1.29, 1.82) is 0 Å². The van der Waals surface area contributed by atoms with Crippen LogP contribution in [0.15, 0.2) is 53.0 Å². The second kappa shape index (κ2) is 11.3. The molecule has 8 nitrogen and oxygen atoms in total. The molecule has 1 N–H and O–H groups in total. The second-order valence-electron chi connectivity index (χ2n) is 7.40. The minimum absolute atomic E-state index is 0.0593. The van der Waals surface area contributed by atoms with Crippen LogP contribution < -0.4 is 10.1 Å². The molecule has 2 aromatic heterocycles. The summed E-state index contributed by atoms with van der Waals surface area (Å²) < 4.78 is 11.9. The molecule has 0 aliphatic rings. The third-order valence-corrected chi connectivity index (χ3v) is 7.83. The van der Waals surface area contributed by atoms with E-state index in [1.165, 1.54) is 30.2 Å². The zero-order valence-electron chi connectivity index (χ0n) is 19.4. The first-order valence-electron chi connectivity index (χ1n) is 10.4. The van der Waals surface area contributed by atoms with Gasteiger partial charge in [0.25, 0.3) is 0 Å². The molecule has 2 heterocycles. The number of thioether (sulfide) groups is 1. The van der Waals surface area contributed by atoms with Crippen LogP contribution in [0.5, 0.6) is 5.75 Å². The first kappa shape index (κ1) is 26.0. The number of esters is 1. The summed E-state index contributed by atoms with van der Waals surface area (Å²) >= 11 is 14.6. The summed E-state index contributed by atoms with van der Waals surface area (Å²) in [5.74, 6) is 0.512. The topological polar surface area (TPSA) is 95.3 Å². The van der Waals surface area contributed by atoms with Crippen LogP contribution in [0.4, 0.5) is 5.00 Å². The summed E-state index contributed by atoms with van der Waals surface area (Å²) in [6.45, 7) is 0. The standard InChI is InChI=1S/C24H20Cl2N4O4S2/c1-30-21(14-6-9-17(25)18(26)10-14)28-29-24(30)36-12-19(31)27-22-20(23(32)34-3)16(11-35-22)13-4-7-15(33-2)8-5-13/h4-11H,12H2,1-3H3,(H,27,31). The Morgan fingerprint density at radius 2 is 1.78 bits per heavy atom. The number of nitrogens with one attached hydrogen (secondary N) is 1. The van der Waals surface area contributed by atoms with Crippen molar-refractivity contribution in [2.24, 2.45) is 7.05 Å². The van der Waals surface area contributed by atoms with Crippen molar-refractivity contribution in [3.63, 3.8) is 0 Å². The fourth-order valence-corrected chi connectivity index (χ4v) is 5.34. The van der Waals surface area contributed by atoms with E-state index in [-0.39, 0.29) is 11.7 Å². The van der Waals surface area contributed by atoms with E-state index in [0.29, 0.717) is 42.9 Å². The van der Waals surface area contributed by atoms with E-state index in [0.717, 1.165) is 11.1 Å². The largest absolute Gasteiger partial charge is 0.497 e. The number of ether oxygens (including phenoxy) is 2. The number of aromatic nitrogens is 3. The maximum Gasteiger partial charge on any atom is 0.341 e. The Kier molecular flexibility index (Phi) is 8.20. The van der Waals surface area contributed by atoms with Gasteiger partial charge in [0.05, 0.1) is 30.0 Å². The number of nitrogens with zero attached hydrogens (tertiary/aromatic N) is 3. The maximum atomic E-state index is 12.8. The number of rotatable bonds is 8. The van der Waals surface area contributed by atoms with Crippen LogP contribution in [0, 0.1) is 0 Å².